The monoisotopic (exact) mass is 204 g/mol. The zero-order valence-corrected chi connectivity index (χ0v) is 9.05. The minimum Gasteiger partial charge on any atom is -0.368 e. The summed E-state index contributed by atoms with van der Waals surface area (Å²) in [7, 11) is 0. The van der Waals surface area contributed by atoms with Crippen molar-refractivity contribution in [2.45, 2.75) is 19.9 Å². The van der Waals surface area contributed by atoms with E-state index in [-0.39, 0.29) is 11.8 Å². The van der Waals surface area contributed by atoms with Gasteiger partial charge in [-0.05, 0) is 11.5 Å². The molecule has 3 heteroatoms. The molecule has 1 aromatic rings. The van der Waals surface area contributed by atoms with Crippen LogP contribution in [0.5, 0.6) is 0 Å². The molecule has 0 unspecified atom stereocenters. The van der Waals surface area contributed by atoms with E-state index >= 15 is 0 Å². The Morgan fingerprint density at radius 2 is 1.93 bits per heavy atom. The maximum absolute atomic E-state index is 11.1. The summed E-state index contributed by atoms with van der Waals surface area (Å²) < 4.78 is 0. The lowest BCUT2D eigenvalue weighted by Gasteiger charge is -2.11. The number of carbonyl (C=O) groups is 1. The maximum atomic E-state index is 11.1. The molecule has 0 saturated carbocycles. The van der Waals surface area contributed by atoms with Crippen molar-refractivity contribution in [2.75, 3.05) is 0 Å². The SMILES string of the molecule is CC(C)[C@H](/N=C/c1ccccc1)C(N)=O. The molecule has 2 N–H and O–H groups in total. The fourth-order valence-electron chi connectivity index (χ4n) is 1.28. The minimum atomic E-state index is -0.440. The van der Waals surface area contributed by atoms with Crippen LogP contribution in [-0.4, -0.2) is 18.2 Å². The van der Waals surface area contributed by atoms with E-state index in [2.05, 4.69) is 4.99 Å². The molecule has 0 fully saturated rings. The highest BCUT2D eigenvalue weighted by Gasteiger charge is 2.16. The van der Waals surface area contributed by atoms with E-state index in [0.29, 0.717) is 0 Å². The number of rotatable bonds is 4. The molecule has 0 bridgehead atoms. The molecule has 0 aliphatic heterocycles. The summed E-state index contributed by atoms with van der Waals surface area (Å²) in [5.74, 6) is -0.250. The summed E-state index contributed by atoms with van der Waals surface area (Å²) in [4.78, 5) is 15.3. The van der Waals surface area contributed by atoms with Gasteiger partial charge in [-0.3, -0.25) is 9.79 Å². The van der Waals surface area contributed by atoms with Gasteiger partial charge in [-0.2, -0.15) is 0 Å². The molecule has 0 aliphatic carbocycles. The van der Waals surface area contributed by atoms with Crippen molar-refractivity contribution < 1.29 is 4.79 Å². The molecular formula is C12H16N2O. The van der Waals surface area contributed by atoms with Gasteiger partial charge in [0.1, 0.15) is 6.04 Å². The van der Waals surface area contributed by atoms with Crippen LogP contribution in [0, 0.1) is 5.92 Å². The van der Waals surface area contributed by atoms with Crippen LogP contribution < -0.4 is 5.73 Å². The molecule has 0 heterocycles. The van der Waals surface area contributed by atoms with Gasteiger partial charge in [-0.25, -0.2) is 0 Å². The van der Waals surface area contributed by atoms with E-state index in [1.54, 1.807) is 6.21 Å². The van der Waals surface area contributed by atoms with Gasteiger partial charge in [0.05, 0.1) is 0 Å². The molecular weight excluding hydrogens is 188 g/mol. The Morgan fingerprint density at radius 3 is 2.40 bits per heavy atom. The molecule has 0 radical (unpaired) electrons. The van der Waals surface area contributed by atoms with Crippen molar-refractivity contribution in [3.63, 3.8) is 0 Å². The highest BCUT2D eigenvalue weighted by Crippen LogP contribution is 2.06. The lowest BCUT2D eigenvalue weighted by molar-refractivity contribution is -0.119. The molecule has 0 aromatic heterocycles. The summed E-state index contributed by atoms with van der Waals surface area (Å²) in [5.41, 5.74) is 6.23. The Bertz CT molecular complexity index is 344. The maximum Gasteiger partial charge on any atom is 0.242 e. The van der Waals surface area contributed by atoms with Crippen molar-refractivity contribution in [1.82, 2.24) is 0 Å². The predicted octanol–water partition coefficient (Wildman–Crippen LogP) is 1.62. The van der Waals surface area contributed by atoms with Crippen molar-refractivity contribution in [3.8, 4) is 0 Å². The minimum absolute atomic E-state index is 0.127. The van der Waals surface area contributed by atoms with Crippen LogP contribution in [0.4, 0.5) is 0 Å². The Balaban J connectivity index is 2.75. The van der Waals surface area contributed by atoms with Gasteiger partial charge in [0.2, 0.25) is 5.91 Å². The number of aliphatic imine (C=N–C) groups is 1. The summed E-state index contributed by atoms with van der Waals surface area (Å²) in [6.45, 7) is 3.86. The highest BCUT2D eigenvalue weighted by molar-refractivity contribution is 5.85. The van der Waals surface area contributed by atoms with Gasteiger partial charge < -0.3 is 5.73 Å². The van der Waals surface area contributed by atoms with Crippen LogP contribution in [0.25, 0.3) is 0 Å². The molecule has 1 aromatic carbocycles. The second-order valence-corrected chi connectivity index (χ2v) is 3.78. The van der Waals surface area contributed by atoms with E-state index in [9.17, 15) is 4.79 Å². The third-order valence-corrected chi connectivity index (χ3v) is 2.11. The molecule has 1 rings (SSSR count). The second-order valence-electron chi connectivity index (χ2n) is 3.78. The van der Waals surface area contributed by atoms with Gasteiger partial charge in [-0.1, -0.05) is 44.2 Å². The zero-order chi connectivity index (χ0) is 11.3. The number of nitrogens with two attached hydrogens (primary N) is 1. The van der Waals surface area contributed by atoms with E-state index in [0.717, 1.165) is 5.56 Å². The first-order valence-corrected chi connectivity index (χ1v) is 4.99. The van der Waals surface area contributed by atoms with Gasteiger partial charge in [-0.15, -0.1) is 0 Å². The average Bonchev–Trinajstić information content (AvgIpc) is 2.18. The third-order valence-electron chi connectivity index (χ3n) is 2.11. The van der Waals surface area contributed by atoms with E-state index in [1.165, 1.54) is 0 Å². The van der Waals surface area contributed by atoms with Gasteiger partial charge in [0, 0.05) is 6.21 Å². The van der Waals surface area contributed by atoms with Crippen LogP contribution in [0.2, 0.25) is 0 Å². The number of amides is 1. The first-order chi connectivity index (χ1) is 7.11. The van der Waals surface area contributed by atoms with E-state index in [1.807, 2.05) is 44.2 Å². The normalized spacial score (nSPS) is 13.3. The lowest BCUT2D eigenvalue weighted by Crippen LogP contribution is -2.31. The smallest absolute Gasteiger partial charge is 0.242 e. The molecule has 3 nitrogen and oxygen atoms in total. The van der Waals surface area contributed by atoms with Crippen LogP contribution >= 0.6 is 0 Å². The standard InChI is InChI=1S/C12H16N2O/c1-9(2)11(12(13)15)14-8-10-6-4-3-5-7-10/h3-9,11H,1-2H3,(H2,13,15)/b14-8+/t11-/m0/s1. The summed E-state index contributed by atoms with van der Waals surface area (Å²) in [6.07, 6.45) is 1.69. The lowest BCUT2D eigenvalue weighted by atomic mass is 10.0. The predicted molar refractivity (Wildman–Crippen MR) is 61.9 cm³/mol. The Labute approximate surface area is 90.0 Å². The number of benzene rings is 1. The van der Waals surface area contributed by atoms with Crippen LogP contribution in [-0.2, 0) is 4.79 Å². The van der Waals surface area contributed by atoms with Crippen molar-refractivity contribution in [3.05, 3.63) is 35.9 Å². The highest BCUT2D eigenvalue weighted by atomic mass is 16.1. The summed E-state index contributed by atoms with van der Waals surface area (Å²) >= 11 is 0. The Kier molecular flexibility index (Phi) is 4.03. The first-order valence-electron chi connectivity index (χ1n) is 4.99. The average molecular weight is 204 g/mol. The molecule has 80 valence electrons. The fourth-order valence-corrected chi connectivity index (χ4v) is 1.28. The second kappa shape index (κ2) is 5.29. The number of primary amides is 1. The molecule has 0 spiro atoms. The molecule has 1 amide bonds. The van der Waals surface area contributed by atoms with Gasteiger partial charge in [0.25, 0.3) is 0 Å². The number of nitrogens with zero attached hydrogens (tertiary/aromatic N) is 1. The Morgan fingerprint density at radius 1 is 1.33 bits per heavy atom. The zero-order valence-electron chi connectivity index (χ0n) is 9.05. The molecule has 0 aliphatic rings. The van der Waals surface area contributed by atoms with Crippen LogP contribution in [0.3, 0.4) is 0 Å². The topological polar surface area (TPSA) is 55.4 Å². The quantitative estimate of drug-likeness (QED) is 0.744. The molecule has 1 atom stereocenters. The first kappa shape index (κ1) is 11.4. The van der Waals surface area contributed by atoms with Crippen LogP contribution in [0.15, 0.2) is 35.3 Å². The van der Waals surface area contributed by atoms with Crippen LogP contribution in [0.1, 0.15) is 19.4 Å². The van der Waals surface area contributed by atoms with E-state index in [4.69, 9.17) is 5.73 Å². The largest absolute Gasteiger partial charge is 0.368 e. The van der Waals surface area contributed by atoms with Crippen molar-refractivity contribution in [2.24, 2.45) is 16.6 Å². The molecule has 0 saturated heterocycles. The third kappa shape index (κ3) is 3.54. The van der Waals surface area contributed by atoms with Crippen molar-refractivity contribution in [1.29, 1.82) is 0 Å². The number of hydrogen-bond acceptors (Lipinski definition) is 2. The van der Waals surface area contributed by atoms with Crippen molar-refractivity contribution >= 4 is 12.1 Å². The van der Waals surface area contributed by atoms with E-state index < -0.39 is 6.04 Å². The number of hydrogen-bond donors (Lipinski definition) is 1. The van der Waals surface area contributed by atoms with Gasteiger partial charge >= 0.3 is 0 Å². The molecule has 15 heavy (non-hydrogen) atoms. The summed E-state index contributed by atoms with van der Waals surface area (Å²) in [5, 5.41) is 0. The fraction of sp³-hybridized carbons (Fsp3) is 0.333. The summed E-state index contributed by atoms with van der Waals surface area (Å²) in [6, 6.07) is 9.21. The van der Waals surface area contributed by atoms with Gasteiger partial charge in [0.15, 0.2) is 0 Å². The number of carbonyl (C=O) groups excluding carboxylic acids is 1. The Hall–Kier alpha value is -1.64.